The molecule has 0 bridgehead atoms. The predicted molar refractivity (Wildman–Crippen MR) is 107 cm³/mol. The molecule has 1 saturated heterocycles. The molecule has 7 nitrogen and oxygen atoms in total. The van der Waals surface area contributed by atoms with Crippen molar-refractivity contribution in [3.8, 4) is 5.75 Å². The van der Waals surface area contributed by atoms with Gasteiger partial charge in [0, 0.05) is 39.3 Å². The summed E-state index contributed by atoms with van der Waals surface area (Å²) in [4.78, 5) is 31.7. The van der Waals surface area contributed by atoms with Gasteiger partial charge in [-0.3, -0.25) is 19.4 Å². The average molecular weight is 387 g/mol. The van der Waals surface area contributed by atoms with Crippen LogP contribution >= 0.6 is 0 Å². The largest absolute Gasteiger partial charge is 0.494 e. The van der Waals surface area contributed by atoms with Gasteiger partial charge < -0.3 is 14.7 Å². The van der Waals surface area contributed by atoms with E-state index in [4.69, 9.17) is 9.84 Å². The van der Waals surface area contributed by atoms with Gasteiger partial charge >= 0.3 is 0 Å². The van der Waals surface area contributed by atoms with Crippen LogP contribution in [0, 0.1) is 0 Å². The Labute approximate surface area is 166 Å². The number of carbonyl (C=O) groups excluding carboxylic acids is 2. The highest BCUT2D eigenvalue weighted by Gasteiger charge is 2.41. The van der Waals surface area contributed by atoms with Crippen molar-refractivity contribution in [1.29, 1.82) is 0 Å². The Morgan fingerprint density at radius 2 is 1.64 bits per heavy atom. The maximum atomic E-state index is 13.1. The van der Waals surface area contributed by atoms with Crippen molar-refractivity contribution in [2.75, 3.05) is 52.5 Å². The molecular formula is C21H29N3O4. The zero-order valence-corrected chi connectivity index (χ0v) is 16.7. The first kappa shape index (κ1) is 20.4. The number of hydrogen-bond donors (Lipinski definition) is 1. The summed E-state index contributed by atoms with van der Waals surface area (Å²) in [5.41, 5.74) is 1.73. The number of amides is 2. The van der Waals surface area contributed by atoms with E-state index >= 15 is 0 Å². The molecule has 7 heteroatoms. The molecule has 2 heterocycles. The van der Waals surface area contributed by atoms with Crippen LogP contribution in [-0.2, 0) is 9.59 Å². The van der Waals surface area contributed by atoms with Crippen LogP contribution in [0.2, 0.25) is 0 Å². The van der Waals surface area contributed by atoms with Gasteiger partial charge in [-0.1, -0.05) is 19.1 Å². The number of β-amino-alcohol motifs (C(OH)–C–C–N with tert-alkyl or cyclic N) is 1. The lowest BCUT2D eigenvalue weighted by Gasteiger charge is -2.36. The third kappa shape index (κ3) is 4.05. The number of ether oxygens (including phenoxy) is 1. The first-order valence-corrected chi connectivity index (χ1v) is 10.0. The Bertz CT molecular complexity index is 737. The van der Waals surface area contributed by atoms with Gasteiger partial charge in [0.25, 0.3) is 11.8 Å². The number of rotatable bonds is 8. The fourth-order valence-electron chi connectivity index (χ4n) is 3.76. The highest BCUT2D eigenvalue weighted by atomic mass is 16.5. The first-order valence-electron chi connectivity index (χ1n) is 10.0. The molecule has 2 amide bonds. The number of benzene rings is 1. The molecule has 2 aliphatic heterocycles. The molecule has 0 atom stereocenters. The first-order chi connectivity index (χ1) is 13.6. The second-order valence-corrected chi connectivity index (χ2v) is 7.00. The topological polar surface area (TPSA) is 73.3 Å². The summed E-state index contributed by atoms with van der Waals surface area (Å²) in [7, 11) is 0. The van der Waals surface area contributed by atoms with E-state index in [-0.39, 0.29) is 18.4 Å². The Balaban J connectivity index is 1.92. The van der Waals surface area contributed by atoms with E-state index in [9.17, 15) is 9.59 Å². The highest BCUT2D eigenvalue weighted by Crippen LogP contribution is 2.33. The van der Waals surface area contributed by atoms with Crippen LogP contribution in [0.15, 0.2) is 30.0 Å². The number of carbonyl (C=O) groups is 2. The van der Waals surface area contributed by atoms with E-state index in [1.165, 1.54) is 4.90 Å². The van der Waals surface area contributed by atoms with Crippen molar-refractivity contribution < 1.29 is 19.4 Å². The molecule has 0 radical (unpaired) electrons. The minimum absolute atomic E-state index is 0.127. The summed E-state index contributed by atoms with van der Waals surface area (Å²) >= 11 is 0. The Morgan fingerprint density at radius 1 is 0.964 bits per heavy atom. The number of imide groups is 1. The van der Waals surface area contributed by atoms with Gasteiger partial charge in [0.2, 0.25) is 0 Å². The van der Waals surface area contributed by atoms with Crippen LogP contribution in [-0.4, -0.2) is 84.1 Å². The molecule has 0 saturated carbocycles. The number of hydrogen-bond acceptors (Lipinski definition) is 6. The van der Waals surface area contributed by atoms with Crippen LogP contribution in [0.25, 0.3) is 5.57 Å². The van der Waals surface area contributed by atoms with Crippen molar-refractivity contribution in [2.24, 2.45) is 0 Å². The van der Waals surface area contributed by atoms with Crippen molar-refractivity contribution in [3.63, 3.8) is 0 Å². The van der Waals surface area contributed by atoms with Crippen LogP contribution in [0.5, 0.6) is 5.75 Å². The molecule has 0 aliphatic carbocycles. The van der Waals surface area contributed by atoms with Crippen LogP contribution in [0.3, 0.4) is 0 Å². The highest BCUT2D eigenvalue weighted by molar-refractivity contribution is 6.35. The molecule has 1 fully saturated rings. The number of aliphatic hydroxyl groups excluding tert-OH is 1. The molecule has 1 aromatic carbocycles. The number of piperazine rings is 1. The minimum Gasteiger partial charge on any atom is -0.494 e. The smallest absolute Gasteiger partial charge is 0.277 e. The van der Waals surface area contributed by atoms with Crippen LogP contribution in [0.4, 0.5) is 0 Å². The molecule has 0 spiro atoms. The fourth-order valence-corrected chi connectivity index (χ4v) is 3.76. The molecule has 1 aromatic rings. The summed E-state index contributed by atoms with van der Waals surface area (Å²) in [6.45, 7) is 8.49. The lowest BCUT2D eigenvalue weighted by molar-refractivity contribution is -0.137. The van der Waals surface area contributed by atoms with Crippen molar-refractivity contribution in [2.45, 2.75) is 20.3 Å². The van der Waals surface area contributed by atoms with E-state index in [2.05, 4.69) is 4.90 Å². The third-order valence-corrected chi connectivity index (χ3v) is 5.15. The van der Waals surface area contributed by atoms with Gasteiger partial charge in [-0.15, -0.1) is 0 Å². The van der Waals surface area contributed by atoms with Crippen molar-refractivity contribution in [3.05, 3.63) is 35.5 Å². The zero-order valence-electron chi connectivity index (χ0n) is 16.7. The van der Waals surface area contributed by atoms with E-state index in [1.807, 2.05) is 43.0 Å². The van der Waals surface area contributed by atoms with E-state index in [0.29, 0.717) is 44.1 Å². The van der Waals surface area contributed by atoms with Gasteiger partial charge in [-0.25, -0.2) is 0 Å². The fraction of sp³-hybridized carbons (Fsp3) is 0.524. The van der Waals surface area contributed by atoms with Crippen molar-refractivity contribution >= 4 is 17.4 Å². The van der Waals surface area contributed by atoms with Crippen molar-refractivity contribution in [1.82, 2.24) is 14.7 Å². The van der Waals surface area contributed by atoms with Gasteiger partial charge in [0.1, 0.15) is 11.4 Å². The third-order valence-electron chi connectivity index (χ3n) is 5.15. The van der Waals surface area contributed by atoms with Gasteiger partial charge in [0.15, 0.2) is 0 Å². The van der Waals surface area contributed by atoms with Crippen LogP contribution in [0.1, 0.15) is 25.8 Å². The van der Waals surface area contributed by atoms with E-state index < -0.39 is 0 Å². The Kier molecular flexibility index (Phi) is 6.70. The quantitative estimate of drug-likeness (QED) is 0.676. The van der Waals surface area contributed by atoms with Gasteiger partial charge in [-0.05, 0) is 31.0 Å². The minimum atomic E-state index is -0.219. The maximum absolute atomic E-state index is 13.1. The summed E-state index contributed by atoms with van der Waals surface area (Å²) in [6.07, 6.45) is 0.728. The average Bonchev–Trinajstić information content (AvgIpc) is 2.95. The summed E-state index contributed by atoms with van der Waals surface area (Å²) in [6, 6.07) is 7.37. The molecule has 3 rings (SSSR count). The lowest BCUT2D eigenvalue weighted by Crippen LogP contribution is -2.48. The van der Waals surface area contributed by atoms with E-state index in [0.717, 1.165) is 30.8 Å². The SMILES string of the molecule is CCCN1C(=O)C(c2ccc(OCC)cc2)=C(N2CCN(CCO)CC2)C1=O. The Hall–Kier alpha value is -2.38. The summed E-state index contributed by atoms with van der Waals surface area (Å²) < 4.78 is 5.49. The zero-order chi connectivity index (χ0) is 20.1. The van der Waals surface area contributed by atoms with E-state index in [1.54, 1.807) is 0 Å². The normalized spacial score (nSPS) is 18.4. The number of aliphatic hydroxyl groups is 1. The maximum Gasteiger partial charge on any atom is 0.277 e. The number of nitrogens with zero attached hydrogens (tertiary/aromatic N) is 3. The standard InChI is InChI=1S/C21H29N3O4/c1-3-9-24-20(26)18(16-5-7-17(8-6-16)28-4-2)19(21(24)27)23-12-10-22(11-13-23)14-15-25/h5-8,25H,3-4,9-15H2,1-2H3. The molecular weight excluding hydrogens is 358 g/mol. The molecule has 0 unspecified atom stereocenters. The molecule has 2 aliphatic rings. The van der Waals surface area contributed by atoms with Gasteiger partial charge in [-0.2, -0.15) is 0 Å². The molecule has 152 valence electrons. The molecule has 1 N–H and O–H groups in total. The second-order valence-electron chi connectivity index (χ2n) is 7.00. The summed E-state index contributed by atoms with van der Waals surface area (Å²) in [5, 5.41) is 9.14. The lowest BCUT2D eigenvalue weighted by atomic mass is 10.0. The monoisotopic (exact) mass is 387 g/mol. The van der Waals surface area contributed by atoms with Gasteiger partial charge in [0.05, 0.1) is 18.8 Å². The molecule has 28 heavy (non-hydrogen) atoms. The Morgan fingerprint density at radius 3 is 2.21 bits per heavy atom. The van der Waals surface area contributed by atoms with Crippen LogP contribution < -0.4 is 4.74 Å². The predicted octanol–water partition coefficient (Wildman–Crippen LogP) is 1.19. The summed E-state index contributed by atoms with van der Waals surface area (Å²) in [5.74, 6) is 0.323. The second kappa shape index (κ2) is 9.21. The molecule has 0 aromatic heterocycles.